The van der Waals surface area contributed by atoms with Crippen molar-refractivity contribution in [3.63, 3.8) is 0 Å². The van der Waals surface area contributed by atoms with Gasteiger partial charge in [0.2, 0.25) is 0 Å². The molecule has 26 heavy (non-hydrogen) atoms. The molecular formula is C18H20BrN3O3S. The lowest BCUT2D eigenvalue weighted by Gasteiger charge is -2.08. The molecule has 0 spiro atoms. The number of halogens is 1. The Morgan fingerprint density at radius 2 is 2.00 bits per heavy atom. The van der Waals surface area contributed by atoms with E-state index in [1.165, 1.54) is 13.8 Å². The number of fused-ring (bicyclic) bond motifs is 1. The fourth-order valence-corrected chi connectivity index (χ4v) is 2.83. The standard InChI is InChI=1S/C14H12BrN3O.C4H8O2S/c1-9-11(6-7-16-17-9)18-8-10(15)14-12(18)4-3-5-13(14)19-2;1-4(2,7)3(5)6/h3-8H,1-2H3;7H,1-2H3,(H,5,6). The molecule has 1 N–H and O–H groups in total. The van der Waals surface area contributed by atoms with Crippen LogP contribution in [-0.4, -0.2) is 37.7 Å². The first-order valence-electron chi connectivity index (χ1n) is 7.74. The second-order valence-electron chi connectivity index (χ2n) is 6.07. The summed E-state index contributed by atoms with van der Waals surface area (Å²) in [6, 6.07) is 7.94. The highest BCUT2D eigenvalue weighted by Gasteiger charge is 2.20. The van der Waals surface area contributed by atoms with E-state index in [4.69, 9.17) is 9.84 Å². The van der Waals surface area contributed by atoms with Crippen molar-refractivity contribution in [1.82, 2.24) is 14.8 Å². The fraction of sp³-hybridized carbons (Fsp3) is 0.278. The molecule has 138 valence electrons. The van der Waals surface area contributed by atoms with Gasteiger partial charge in [-0.25, -0.2) is 0 Å². The number of hydrogen-bond acceptors (Lipinski definition) is 5. The van der Waals surface area contributed by atoms with Crippen molar-refractivity contribution in [3.8, 4) is 11.4 Å². The number of carboxylic acids is 1. The number of aryl methyl sites for hydroxylation is 1. The van der Waals surface area contributed by atoms with Crippen LogP contribution in [0.5, 0.6) is 5.75 Å². The van der Waals surface area contributed by atoms with Crippen molar-refractivity contribution in [1.29, 1.82) is 0 Å². The zero-order valence-electron chi connectivity index (χ0n) is 14.9. The molecule has 0 bridgehead atoms. The molecule has 1 aromatic carbocycles. The number of hydrogen-bond donors (Lipinski definition) is 2. The quantitative estimate of drug-likeness (QED) is 0.597. The molecule has 0 radical (unpaired) electrons. The van der Waals surface area contributed by atoms with E-state index in [0.717, 1.165) is 32.5 Å². The van der Waals surface area contributed by atoms with Crippen LogP contribution < -0.4 is 4.74 Å². The fourth-order valence-electron chi connectivity index (χ4n) is 2.23. The van der Waals surface area contributed by atoms with E-state index in [-0.39, 0.29) is 0 Å². The summed E-state index contributed by atoms with van der Waals surface area (Å²) < 4.78 is 7.61. The minimum Gasteiger partial charge on any atom is -0.496 e. The topological polar surface area (TPSA) is 77.2 Å². The summed E-state index contributed by atoms with van der Waals surface area (Å²) in [6.07, 6.45) is 3.72. The van der Waals surface area contributed by atoms with Crippen LogP contribution in [0.3, 0.4) is 0 Å². The normalized spacial score (nSPS) is 11.0. The minimum absolute atomic E-state index is 0.850. The molecule has 0 fully saturated rings. The number of aliphatic carboxylic acids is 1. The van der Waals surface area contributed by atoms with Gasteiger partial charge in [0.1, 0.15) is 10.5 Å². The van der Waals surface area contributed by atoms with E-state index < -0.39 is 10.7 Å². The molecule has 3 rings (SSSR count). The van der Waals surface area contributed by atoms with Gasteiger partial charge in [-0.05, 0) is 54.9 Å². The molecule has 2 aromatic heterocycles. The summed E-state index contributed by atoms with van der Waals surface area (Å²) in [5, 5.41) is 17.2. The Kier molecular flexibility index (Phi) is 6.30. The molecule has 0 aliphatic heterocycles. The van der Waals surface area contributed by atoms with Gasteiger partial charge >= 0.3 is 5.97 Å². The lowest BCUT2D eigenvalue weighted by molar-refractivity contribution is -0.138. The zero-order valence-corrected chi connectivity index (χ0v) is 17.4. The van der Waals surface area contributed by atoms with E-state index in [9.17, 15) is 4.79 Å². The Morgan fingerprint density at radius 3 is 2.54 bits per heavy atom. The maximum absolute atomic E-state index is 9.94. The molecule has 2 heterocycles. The lowest BCUT2D eigenvalue weighted by atomic mass is 10.2. The van der Waals surface area contributed by atoms with Crippen molar-refractivity contribution < 1.29 is 14.6 Å². The molecule has 0 saturated heterocycles. The van der Waals surface area contributed by atoms with Crippen LogP contribution >= 0.6 is 28.6 Å². The Morgan fingerprint density at radius 1 is 1.35 bits per heavy atom. The Hall–Kier alpha value is -2.06. The average Bonchev–Trinajstić information content (AvgIpc) is 2.92. The number of methoxy groups -OCH3 is 1. The molecular weight excluding hydrogens is 418 g/mol. The molecule has 0 amide bonds. The van der Waals surface area contributed by atoms with E-state index in [2.05, 4.69) is 49.4 Å². The van der Waals surface area contributed by atoms with Gasteiger partial charge in [0.15, 0.2) is 0 Å². The highest BCUT2D eigenvalue weighted by Crippen LogP contribution is 2.35. The number of carboxylic acid groups (broad SMARTS) is 1. The van der Waals surface area contributed by atoms with E-state index in [1.54, 1.807) is 13.3 Å². The smallest absolute Gasteiger partial charge is 0.318 e. The summed E-state index contributed by atoms with van der Waals surface area (Å²) in [7, 11) is 1.68. The summed E-state index contributed by atoms with van der Waals surface area (Å²) in [4.78, 5) is 9.94. The average molecular weight is 438 g/mol. The summed E-state index contributed by atoms with van der Waals surface area (Å²) in [5.74, 6) is -0.0429. The molecule has 0 aliphatic carbocycles. The monoisotopic (exact) mass is 437 g/mol. The van der Waals surface area contributed by atoms with Crippen molar-refractivity contribution in [2.75, 3.05) is 7.11 Å². The molecule has 3 aromatic rings. The number of ether oxygens (including phenoxy) is 1. The number of rotatable bonds is 3. The van der Waals surface area contributed by atoms with Crippen LogP contribution in [0.1, 0.15) is 19.5 Å². The zero-order chi connectivity index (χ0) is 19.5. The van der Waals surface area contributed by atoms with Gasteiger partial charge in [0.25, 0.3) is 0 Å². The molecule has 0 aliphatic rings. The van der Waals surface area contributed by atoms with Gasteiger partial charge < -0.3 is 14.4 Å². The lowest BCUT2D eigenvalue weighted by Crippen LogP contribution is -2.23. The third-order valence-electron chi connectivity index (χ3n) is 3.63. The summed E-state index contributed by atoms with van der Waals surface area (Å²) >= 11 is 7.34. The van der Waals surface area contributed by atoms with Crippen molar-refractivity contribution in [2.45, 2.75) is 25.5 Å². The minimum atomic E-state index is -0.893. The Labute approximate surface area is 165 Å². The first-order valence-corrected chi connectivity index (χ1v) is 8.98. The predicted octanol–water partition coefficient (Wildman–Crippen LogP) is 4.28. The van der Waals surface area contributed by atoms with Crippen LogP contribution in [0.15, 0.2) is 41.1 Å². The van der Waals surface area contributed by atoms with Gasteiger partial charge in [-0.3, -0.25) is 4.79 Å². The predicted molar refractivity (Wildman–Crippen MR) is 109 cm³/mol. The van der Waals surface area contributed by atoms with Gasteiger partial charge in [-0.2, -0.15) is 22.8 Å². The largest absolute Gasteiger partial charge is 0.496 e. The van der Waals surface area contributed by atoms with E-state index in [0.29, 0.717) is 0 Å². The van der Waals surface area contributed by atoms with Gasteiger partial charge in [0, 0.05) is 10.7 Å². The van der Waals surface area contributed by atoms with E-state index in [1.807, 2.05) is 31.3 Å². The third kappa shape index (κ3) is 4.37. The second-order valence-corrected chi connectivity index (χ2v) is 8.04. The third-order valence-corrected chi connectivity index (χ3v) is 4.42. The summed E-state index contributed by atoms with van der Waals surface area (Å²) in [6.45, 7) is 5.00. The maximum atomic E-state index is 9.94. The number of nitrogens with zero attached hydrogens (tertiary/aromatic N) is 3. The highest BCUT2D eigenvalue weighted by molar-refractivity contribution is 9.10. The molecule has 6 nitrogen and oxygen atoms in total. The van der Waals surface area contributed by atoms with Crippen LogP contribution in [0.2, 0.25) is 0 Å². The van der Waals surface area contributed by atoms with Crippen LogP contribution in [0.25, 0.3) is 16.6 Å². The molecule has 8 heteroatoms. The van der Waals surface area contributed by atoms with Crippen molar-refractivity contribution in [2.24, 2.45) is 0 Å². The molecule has 0 saturated carbocycles. The van der Waals surface area contributed by atoms with Gasteiger partial charge in [0.05, 0.1) is 35.6 Å². The number of aromatic nitrogens is 3. The van der Waals surface area contributed by atoms with Gasteiger partial charge in [-0.1, -0.05) is 6.07 Å². The number of carbonyl (C=O) groups is 1. The van der Waals surface area contributed by atoms with Crippen molar-refractivity contribution in [3.05, 3.63) is 46.8 Å². The van der Waals surface area contributed by atoms with Crippen LogP contribution in [-0.2, 0) is 4.79 Å². The number of thiol groups is 1. The maximum Gasteiger partial charge on any atom is 0.318 e. The summed E-state index contributed by atoms with van der Waals surface area (Å²) in [5.41, 5.74) is 2.97. The first-order chi connectivity index (χ1) is 12.2. The SMILES string of the molecule is CC(C)(S)C(=O)O.COc1cccc2c1c(Br)cn2-c1ccnnc1C. The Balaban J connectivity index is 0.000000298. The first kappa shape index (κ1) is 20.3. The Bertz CT molecular complexity index is 935. The van der Waals surface area contributed by atoms with Crippen LogP contribution in [0, 0.1) is 6.92 Å². The van der Waals surface area contributed by atoms with Crippen molar-refractivity contribution >= 4 is 45.4 Å². The number of benzene rings is 1. The molecule has 0 atom stereocenters. The second kappa shape index (κ2) is 8.09. The van der Waals surface area contributed by atoms with Crippen LogP contribution in [0.4, 0.5) is 0 Å². The van der Waals surface area contributed by atoms with Gasteiger partial charge in [-0.15, -0.1) is 0 Å². The van der Waals surface area contributed by atoms with E-state index >= 15 is 0 Å². The molecule has 0 unspecified atom stereocenters. The highest BCUT2D eigenvalue weighted by atomic mass is 79.9.